The van der Waals surface area contributed by atoms with Crippen molar-refractivity contribution in [1.29, 1.82) is 0 Å². The molecule has 0 radical (unpaired) electrons. The molecule has 9 heteroatoms. The Labute approximate surface area is 190 Å². The van der Waals surface area contributed by atoms with E-state index >= 15 is 0 Å². The first-order chi connectivity index (χ1) is 15.6. The molecule has 32 heavy (non-hydrogen) atoms. The maximum atomic E-state index is 13.1. The SMILES string of the molecule is O=C(c1ccc(Cl)cc1)N1CCN(C(=O)c2nnn3c2CO[C@H](c2ccccc2)C3)CC1. The van der Waals surface area contributed by atoms with Gasteiger partial charge in [-0.3, -0.25) is 9.59 Å². The highest BCUT2D eigenvalue weighted by atomic mass is 35.5. The summed E-state index contributed by atoms with van der Waals surface area (Å²) in [5.41, 5.74) is 2.69. The number of hydrogen-bond donors (Lipinski definition) is 0. The van der Waals surface area contributed by atoms with Crippen molar-refractivity contribution in [2.45, 2.75) is 19.3 Å². The molecule has 3 heterocycles. The lowest BCUT2D eigenvalue weighted by molar-refractivity contribution is -0.00202. The third-order valence-corrected chi connectivity index (χ3v) is 6.17. The number of halogens is 1. The van der Waals surface area contributed by atoms with Crippen LogP contribution in [0.15, 0.2) is 54.6 Å². The van der Waals surface area contributed by atoms with Gasteiger partial charge in [-0.1, -0.05) is 47.1 Å². The Kier molecular flexibility index (Phi) is 5.63. The predicted octanol–water partition coefficient (Wildman–Crippen LogP) is 2.80. The summed E-state index contributed by atoms with van der Waals surface area (Å²) in [5.74, 6) is -0.234. The number of carbonyl (C=O) groups is 2. The Morgan fingerprint density at radius 3 is 2.25 bits per heavy atom. The first-order valence-electron chi connectivity index (χ1n) is 10.5. The van der Waals surface area contributed by atoms with Crippen LogP contribution in [0.4, 0.5) is 0 Å². The van der Waals surface area contributed by atoms with Gasteiger partial charge in [0.25, 0.3) is 11.8 Å². The Morgan fingerprint density at radius 2 is 1.56 bits per heavy atom. The van der Waals surface area contributed by atoms with Gasteiger partial charge >= 0.3 is 0 Å². The Bertz CT molecular complexity index is 1120. The minimum Gasteiger partial charge on any atom is -0.365 e. The second-order valence-electron chi connectivity index (χ2n) is 7.87. The number of amides is 2. The lowest BCUT2D eigenvalue weighted by atomic mass is 10.1. The number of fused-ring (bicyclic) bond motifs is 1. The third kappa shape index (κ3) is 3.99. The monoisotopic (exact) mass is 451 g/mol. The number of hydrogen-bond acceptors (Lipinski definition) is 5. The molecule has 1 atom stereocenters. The number of nitrogens with zero attached hydrogens (tertiary/aromatic N) is 5. The van der Waals surface area contributed by atoms with Crippen molar-refractivity contribution < 1.29 is 14.3 Å². The summed E-state index contributed by atoms with van der Waals surface area (Å²) < 4.78 is 7.76. The average Bonchev–Trinajstić information content (AvgIpc) is 3.27. The van der Waals surface area contributed by atoms with Gasteiger partial charge in [-0.25, -0.2) is 4.68 Å². The number of rotatable bonds is 3. The molecular weight excluding hydrogens is 430 g/mol. The van der Waals surface area contributed by atoms with Gasteiger partial charge in [0, 0.05) is 36.8 Å². The molecule has 0 saturated carbocycles. The fraction of sp³-hybridized carbons (Fsp3) is 0.304. The topological polar surface area (TPSA) is 80.6 Å². The summed E-state index contributed by atoms with van der Waals surface area (Å²) in [5, 5.41) is 8.95. The van der Waals surface area contributed by atoms with Crippen molar-refractivity contribution in [3.8, 4) is 0 Å². The van der Waals surface area contributed by atoms with Crippen LogP contribution in [0.5, 0.6) is 0 Å². The maximum absolute atomic E-state index is 13.1. The fourth-order valence-electron chi connectivity index (χ4n) is 4.08. The van der Waals surface area contributed by atoms with Gasteiger partial charge in [-0.15, -0.1) is 5.10 Å². The molecule has 0 bridgehead atoms. The van der Waals surface area contributed by atoms with Crippen LogP contribution >= 0.6 is 11.6 Å². The standard InChI is InChI=1S/C23H22ClN5O3/c24-18-8-6-17(7-9-18)22(30)27-10-12-28(13-11-27)23(31)21-19-15-32-20(14-29(19)26-25-21)16-4-2-1-3-5-16/h1-9,20H,10-15H2/t20-/m0/s1. The van der Waals surface area contributed by atoms with Crippen molar-refractivity contribution in [3.05, 3.63) is 82.1 Å². The summed E-state index contributed by atoms with van der Waals surface area (Å²) in [6.07, 6.45) is -0.115. The first-order valence-corrected chi connectivity index (χ1v) is 10.9. The van der Waals surface area contributed by atoms with E-state index in [0.717, 1.165) is 5.56 Å². The summed E-state index contributed by atoms with van der Waals surface area (Å²) in [7, 11) is 0. The molecule has 2 aliphatic heterocycles. The molecular formula is C23H22ClN5O3. The predicted molar refractivity (Wildman–Crippen MR) is 117 cm³/mol. The highest BCUT2D eigenvalue weighted by Gasteiger charge is 2.32. The van der Waals surface area contributed by atoms with E-state index in [1.807, 2.05) is 30.3 Å². The number of carbonyl (C=O) groups excluding carboxylic acids is 2. The zero-order valence-corrected chi connectivity index (χ0v) is 18.1. The van der Waals surface area contributed by atoms with Crippen molar-refractivity contribution in [2.24, 2.45) is 0 Å². The van der Waals surface area contributed by atoms with E-state index in [2.05, 4.69) is 10.3 Å². The van der Waals surface area contributed by atoms with Gasteiger partial charge in [-0.2, -0.15) is 0 Å². The summed E-state index contributed by atoms with van der Waals surface area (Å²) in [4.78, 5) is 29.3. The van der Waals surface area contributed by atoms with Crippen LogP contribution in [-0.2, 0) is 17.9 Å². The van der Waals surface area contributed by atoms with Gasteiger partial charge in [0.1, 0.15) is 6.10 Å². The molecule has 8 nitrogen and oxygen atoms in total. The molecule has 0 N–H and O–H groups in total. The van der Waals surface area contributed by atoms with Gasteiger partial charge in [0.15, 0.2) is 5.69 Å². The molecule has 2 amide bonds. The van der Waals surface area contributed by atoms with Crippen LogP contribution in [0.3, 0.4) is 0 Å². The molecule has 1 saturated heterocycles. The van der Waals surface area contributed by atoms with E-state index in [0.29, 0.717) is 54.7 Å². The Morgan fingerprint density at radius 1 is 0.906 bits per heavy atom. The summed E-state index contributed by atoms with van der Waals surface area (Å²) in [6.45, 7) is 2.61. The number of ether oxygens (including phenoxy) is 1. The quantitative estimate of drug-likeness (QED) is 0.611. The molecule has 1 aromatic heterocycles. The number of piperazine rings is 1. The van der Waals surface area contributed by atoms with E-state index in [-0.39, 0.29) is 24.5 Å². The smallest absolute Gasteiger partial charge is 0.276 e. The van der Waals surface area contributed by atoms with E-state index in [4.69, 9.17) is 16.3 Å². The average molecular weight is 452 g/mol. The summed E-state index contributed by atoms with van der Waals surface area (Å²) in [6, 6.07) is 16.8. The van der Waals surface area contributed by atoms with E-state index in [9.17, 15) is 9.59 Å². The minimum atomic E-state index is -0.174. The van der Waals surface area contributed by atoms with Crippen LogP contribution in [-0.4, -0.2) is 62.8 Å². The molecule has 5 rings (SSSR count). The molecule has 2 aliphatic rings. The number of benzene rings is 2. The second-order valence-corrected chi connectivity index (χ2v) is 8.30. The van der Waals surface area contributed by atoms with Gasteiger partial charge in [-0.05, 0) is 29.8 Å². The molecule has 0 spiro atoms. The minimum absolute atomic E-state index is 0.0600. The molecule has 0 aliphatic carbocycles. The Balaban J connectivity index is 1.23. The highest BCUT2D eigenvalue weighted by molar-refractivity contribution is 6.30. The second kappa shape index (κ2) is 8.72. The lowest BCUT2D eigenvalue weighted by Gasteiger charge is -2.34. The van der Waals surface area contributed by atoms with Crippen molar-refractivity contribution in [1.82, 2.24) is 24.8 Å². The first kappa shape index (κ1) is 20.7. The molecule has 1 fully saturated rings. The van der Waals surface area contributed by atoms with Gasteiger partial charge in [0.2, 0.25) is 0 Å². The van der Waals surface area contributed by atoms with Crippen molar-refractivity contribution in [3.63, 3.8) is 0 Å². The van der Waals surface area contributed by atoms with Crippen LogP contribution in [0.2, 0.25) is 5.02 Å². The third-order valence-electron chi connectivity index (χ3n) is 5.92. The van der Waals surface area contributed by atoms with Crippen LogP contribution in [0.1, 0.15) is 38.2 Å². The molecule has 2 aromatic carbocycles. The Hall–Kier alpha value is -3.23. The van der Waals surface area contributed by atoms with Crippen LogP contribution in [0, 0.1) is 0 Å². The normalized spacial score (nSPS) is 18.3. The zero-order chi connectivity index (χ0) is 22.1. The van der Waals surface area contributed by atoms with Crippen LogP contribution in [0.25, 0.3) is 0 Å². The van der Waals surface area contributed by atoms with Crippen LogP contribution < -0.4 is 0 Å². The van der Waals surface area contributed by atoms with E-state index < -0.39 is 0 Å². The van der Waals surface area contributed by atoms with Gasteiger partial charge < -0.3 is 14.5 Å². The molecule has 0 unspecified atom stereocenters. The van der Waals surface area contributed by atoms with Crippen molar-refractivity contribution >= 4 is 23.4 Å². The maximum Gasteiger partial charge on any atom is 0.276 e. The van der Waals surface area contributed by atoms with Gasteiger partial charge in [0.05, 0.1) is 18.8 Å². The zero-order valence-electron chi connectivity index (χ0n) is 17.4. The van der Waals surface area contributed by atoms with Crippen molar-refractivity contribution in [2.75, 3.05) is 26.2 Å². The molecule has 164 valence electrons. The largest absolute Gasteiger partial charge is 0.365 e. The van der Waals surface area contributed by atoms with E-state index in [1.54, 1.807) is 38.7 Å². The lowest BCUT2D eigenvalue weighted by Crippen LogP contribution is -2.50. The number of aromatic nitrogens is 3. The fourth-order valence-corrected chi connectivity index (χ4v) is 4.21. The highest BCUT2D eigenvalue weighted by Crippen LogP contribution is 2.27. The summed E-state index contributed by atoms with van der Waals surface area (Å²) >= 11 is 5.90. The molecule has 3 aromatic rings. The van der Waals surface area contributed by atoms with E-state index in [1.165, 1.54) is 0 Å².